The molecule has 0 aromatic rings. The van der Waals surface area contributed by atoms with Crippen LogP contribution < -0.4 is 5.32 Å². The van der Waals surface area contributed by atoms with Crippen LogP contribution in [0, 0.1) is 11.8 Å². The Morgan fingerprint density at radius 1 is 1.44 bits per heavy atom. The van der Waals surface area contributed by atoms with E-state index in [1.807, 2.05) is 25.7 Å². The van der Waals surface area contributed by atoms with Crippen LogP contribution in [0.2, 0.25) is 0 Å². The topological polar surface area (TPSA) is 49.4 Å². The number of hydrogen-bond acceptors (Lipinski definition) is 2. The predicted octanol–water partition coefficient (Wildman–Crippen LogP) is 1.57. The van der Waals surface area contributed by atoms with Crippen LogP contribution in [0.1, 0.15) is 33.6 Å². The molecular weight excluding hydrogens is 228 g/mol. The van der Waals surface area contributed by atoms with Crippen LogP contribution in [0.4, 0.5) is 0 Å². The maximum Gasteiger partial charge on any atom is 0.225 e. The van der Waals surface area contributed by atoms with E-state index < -0.39 is 0 Å². The van der Waals surface area contributed by atoms with Gasteiger partial charge in [0.1, 0.15) is 0 Å². The Kier molecular flexibility index (Phi) is 5.38. The van der Waals surface area contributed by atoms with Gasteiger partial charge in [-0.2, -0.15) is 0 Å². The van der Waals surface area contributed by atoms with E-state index in [-0.39, 0.29) is 23.7 Å². The third-order valence-corrected chi connectivity index (χ3v) is 3.16. The van der Waals surface area contributed by atoms with Gasteiger partial charge in [0.15, 0.2) is 0 Å². The molecule has 0 saturated carbocycles. The largest absolute Gasteiger partial charge is 0.352 e. The number of rotatable bonds is 4. The Morgan fingerprint density at radius 3 is 2.67 bits per heavy atom. The average molecular weight is 252 g/mol. The highest BCUT2D eigenvalue weighted by Gasteiger charge is 2.28. The maximum atomic E-state index is 12.0. The van der Waals surface area contributed by atoms with Gasteiger partial charge < -0.3 is 10.2 Å². The lowest BCUT2D eigenvalue weighted by Gasteiger charge is -2.33. The zero-order valence-corrected chi connectivity index (χ0v) is 11.7. The molecule has 1 unspecified atom stereocenters. The molecule has 1 fully saturated rings. The van der Waals surface area contributed by atoms with Crippen molar-refractivity contribution in [2.75, 3.05) is 19.6 Å². The van der Waals surface area contributed by atoms with Crippen molar-refractivity contribution in [3.8, 4) is 0 Å². The van der Waals surface area contributed by atoms with Gasteiger partial charge in [0.05, 0.1) is 5.92 Å². The van der Waals surface area contributed by atoms with Crippen molar-refractivity contribution < 1.29 is 9.59 Å². The SMILES string of the molecule is C=C(C)CNC(=O)C1CCCN(C(=O)C(C)C)C1. The van der Waals surface area contributed by atoms with Crippen molar-refractivity contribution in [3.63, 3.8) is 0 Å². The fourth-order valence-corrected chi connectivity index (χ4v) is 2.14. The summed E-state index contributed by atoms with van der Waals surface area (Å²) in [5.41, 5.74) is 0.939. The molecule has 102 valence electrons. The van der Waals surface area contributed by atoms with Gasteiger partial charge in [-0.3, -0.25) is 9.59 Å². The lowest BCUT2D eigenvalue weighted by Crippen LogP contribution is -2.46. The van der Waals surface area contributed by atoms with Crippen molar-refractivity contribution in [1.82, 2.24) is 10.2 Å². The highest BCUT2D eigenvalue weighted by Crippen LogP contribution is 2.18. The molecule has 0 bridgehead atoms. The first-order chi connectivity index (χ1) is 8.41. The number of carbonyl (C=O) groups is 2. The van der Waals surface area contributed by atoms with Gasteiger partial charge in [0.25, 0.3) is 0 Å². The minimum Gasteiger partial charge on any atom is -0.352 e. The van der Waals surface area contributed by atoms with Crippen LogP contribution in [-0.4, -0.2) is 36.3 Å². The van der Waals surface area contributed by atoms with Crippen molar-refractivity contribution in [1.29, 1.82) is 0 Å². The Labute approximate surface area is 109 Å². The summed E-state index contributed by atoms with van der Waals surface area (Å²) in [6, 6.07) is 0. The van der Waals surface area contributed by atoms with Gasteiger partial charge in [-0.15, -0.1) is 0 Å². The van der Waals surface area contributed by atoms with Crippen LogP contribution in [-0.2, 0) is 9.59 Å². The fourth-order valence-electron chi connectivity index (χ4n) is 2.14. The van der Waals surface area contributed by atoms with E-state index in [1.54, 1.807) is 0 Å². The normalized spacial score (nSPS) is 19.8. The monoisotopic (exact) mass is 252 g/mol. The lowest BCUT2D eigenvalue weighted by molar-refractivity contribution is -0.138. The Bertz CT molecular complexity index is 337. The van der Waals surface area contributed by atoms with Crippen LogP contribution in [0.3, 0.4) is 0 Å². The third kappa shape index (κ3) is 4.17. The summed E-state index contributed by atoms with van der Waals surface area (Å²) >= 11 is 0. The lowest BCUT2D eigenvalue weighted by atomic mass is 9.96. The van der Waals surface area contributed by atoms with E-state index in [0.717, 1.165) is 25.0 Å². The molecule has 1 atom stereocenters. The van der Waals surface area contributed by atoms with Gasteiger partial charge in [0.2, 0.25) is 11.8 Å². The molecule has 18 heavy (non-hydrogen) atoms. The molecule has 1 rings (SSSR count). The van der Waals surface area contributed by atoms with E-state index in [2.05, 4.69) is 11.9 Å². The van der Waals surface area contributed by atoms with Gasteiger partial charge in [-0.25, -0.2) is 0 Å². The van der Waals surface area contributed by atoms with E-state index in [1.165, 1.54) is 0 Å². The molecule has 0 aromatic carbocycles. The van der Waals surface area contributed by atoms with E-state index in [4.69, 9.17) is 0 Å². The third-order valence-electron chi connectivity index (χ3n) is 3.16. The highest BCUT2D eigenvalue weighted by atomic mass is 16.2. The number of likely N-dealkylation sites (tertiary alicyclic amines) is 1. The summed E-state index contributed by atoms with van der Waals surface area (Å²) in [6.07, 6.45) is 1.77. The highest BCUT2D eigenvalue weighted by molar-refractivity contribution is 5.82. The summed E-state index contributed by atoms with van der Waals surface area (Å²) in [6.45, 7) is 11.3. The van der Waals surface area contributed by atoms with E-state index in [0.29, 0.717) is 13.1 Å². The first-order valence-electron chi connectivity index (χ1n) is 6.62. The van der Waals surface area contributed by atoms with E-state index >= 15 is 0 Å². The standard InChI is InChI=1S/C14H24N2O2/c1-10(2)8-15-13(17)12-6-5-7-16(9-12)14(18)11(3)4/h11-12H,1,5-9H2,2-4H3,(H,15,17). The number of hydrogen-bond donors (Lipinski definition) is 1. The number of amides is 2. The summed E-state index contributed by atoms with van der Waals surface area (Å²) in [7, 11) is 0. The smallest absolute Gasteiger partial charge is 0.225 e. The zero-order valence-electron chi connectivity index (χ0n) is 11.7. The fraction of sp³-hybridized carbons (Fsp3) is 0.714. The predicted molar refractivity (Wildman–Crippen MR) is 72.0 cm³/mol. The molecule has 0 spiro atoms. The van der Waals surface area contributed by atoms with Crippen molar-refractivity contribution in [3.05, 3.63) is 12.2 Å². The van der Waals surface area contributed by atoms with Crippen molar-refractivity contribution in [2.24, 2.45) is 11.8 Å². The molecule has 2 amide bonds. The van der Waals surface area contributed by atoms with Gasteiger partial charge in [0, 0.05) is 25.6 Å². The summed E-state index contributed by atoms with van der Waals surface area (Å²) < 4.78 is 0. The molecule has 0 aromatic heterocycles. The number of piperidine rings is 1. The first kappa shape index (κ1) is 14.7. The quantitative estimate of drug-likeness (QED) is 0.772. The molecule has 1 N–H and O–H groups in total. The molecule has 4 heteroatoms. The van der Waals surface area contributed by atoms with E-state index in [9.17, 15) is 9.59 Å². The number of nitrogens with zero attached hydrogens (tertiary/aromatic N) is 1. The second-order valence-electron chi connectivity index (χ2n) is 5.45. The second kappa shape index (κ2) is 6.57. The van der Waals surface area contributed by atoms with Gasteiger partial charge >= 0.3 is 0 Å². The summed E-state index contributed by atoms with van der Waals surface area (Å²) in [4.78, 5) is 25.7. The molecule has 1 aliphatic rings. The number of nitrogens with one attached hydrogen (secondary N) is 1. The van der Waals surface area contributed by atoms with Crippen LogP contribution >= 0.6 is 0 Å². The minimum atomic E-state index is -0.0687. The first-order valence-corrected chi connectivity index (χ1v) is 6.62. The Morgan fingerprint density at radius 2 is 2.11 bits per heavy atom. The Balaban J connectivity index is 2.50. The zero-order chi connectivity index (χ0) is 13.7. The average Bonchev–Trinajstić information content (AvgIpc) is 2.34. The molecule has 1 saturated heterocycles. The van der Waals surface area contributed by atoms with Crippen molar-refractivity contribution >= 4 is 11.8 Å². The molecule has 0 radical (unpaired) electrons. The summed E-state index contributed by atoms with van der Waals surface area (Å²) in [5.74, 6) is 0.120. The Hall–Kier alpha value is -1.32. The van der Waals surface area contributed by atoms with Gasteiger partial charge in [-0.05, 0) is 19.8 Å². The maximum absolute atomic E-state index is 12.0. The van der Waals surface area contributed by atoms with Crippen LogP contribution in [0.25, 0.3) is 0 Å². The van der Waals surface area contributed by atoms with Gasteiger partial charge in [-0.1, -0.05) is 26.0 Å². The molecule has 4 nitrogen and oxygen atoms in total. The molecule has 0 aliphatic carbocycles. The molecule has 1 aliphatic heterocycles. The minimum absolute atomic E-state index is 0.00207. The van der Waals surface area contributed by atoms with Crippen LogP contribution in [0.15, 0.2) is 12.2 Å². The second-order valence-corrected chi connectivity index (χ2v) is 5.45. The number of carbonyl (C=O) groups excluding carboxylic acids is 2. The molecular formula is C14H24N2O2. The van der Waals surface area contributed by atoms with Crippen LogP contribution in [0.5, 0.6) is 0 Å². The van der Waals surface area contributed by atoms with Crippen molar-refractivity contribution in [2.45, 2.75) is 33.6 Å². The molecule has 1 heterocycles. The summed E-state index contributed by atoms with van der Waals surface area (Å²) in [5, 5.41) is 2.86.